The highest BCUT2D eigenvalue weighted by molar-refractivity contribution is 5.84. The summed E-state index contributed by atoms with van der Waals surface area (Å²) in [5, 5.41) is 15.2. The summed E-state index contributed by atoms with van der Waals surface area (Å²) in [6.45, 7) is 2.72. The van der Waals surface area contributed by atoms with Crippen molar-refractivity contribution in [2.24, 2.45) is 0 Å². The highest BCUT2D eigenvalue weighted by atomic mass is 16.3. The number of amides is 1. The molecule has 0 aliphatic carbocycles. The molecule has 2 unspecified atom stereocenters. The molecule has 0 aromatic heterocycles. The molecule has 0 saturated carbocycles. The molecule has 1 aliphatic heterocycles. The first-order valence-electron chi connectivity index (χ1n) is 4.99. The first kappa shape index (κ1) is 9.98. The van der Waals surface area contributed by atoms with Crippen LogP contribution in [0, 0.1) is 0 Å². The number of carbonyl (C=O) groups is 1. The standard InChI is InChI=1S/C11H14N2O2/c1-7-6-12-10(11(15)13-7)8-2-4-9(14)5-3-8/h2-5,7,10,12,14H,6H2,1H3,(H,13,15). The second kappa shape index (κ2) is 3.90. The number of hydrogen-bond donors (Lipinski definition) is 3. The zero-order valence-electron chi connectivity index (χ0n) is 8.53. The van der Waals surface area contributed by atoms with Crippen LogP contribution in [-0.4, -0.2) is 23.6 Å². The van der Waals surface area contributed by atoms with Gasteiger partial charge in [-0.1, -0.05) is 12.1 Å². The van der Waals surface area contributed by atoms with Crippen LogP contribution in [0.3, 0.4) is 0 Å². The van der Waals surface area contributed by atoms with Gasteiger partial charge >= 0.3 is 0 Å². The Bertz CT molecular complexity index is 361. The fourth-order valence-electron chi connectivity index (χ4n) is 1.70. The van der Waals surface area contributed by atoms with Crippen LogP contribution in [0.2, 0.25) is 0 Å². The maximum atomic E-state index is 11.7. The molecule has 15 heavy (non-hydrogen) atoms. The van der Waals surface area contributed by atoms with Crippen LogP contribution in [0.5, 0.6) is 5.75 Å². The summed E-state index contributed by atoms with van der Waals surface area (Å²) in [6, 6.07) is 6.54. The average molecular weight is 206 g/mol. The molecule has 1 fully saturated rings. The van der Waals surface area contributed by atoms with Gasteiger partial charge in [-0.25, -0.2) is 0 Å². The van der Waals surface area contributed by atoms with Crippen LogP contribution in [0.15, 0.2) is 24.3 Å². The summed E-state index contributed by atoms with van der Waals surface area (Å²) >= 11 is 0. The topological polar surface area (TPSA) is 61.4 Å². The Morgan fingerprint density at radius 2 is 2.00 bits per heavy atom. The van der Waals surface area contributed by atoms with Crippen LogP contribution < -0.4 is 10.6 Å². The number of rotatable bonds is 1. The van der Waals surface area contributed by atoms with Gasteiger partial charge in [0.15, 0.2) is 0 Å². The summed E-state index contributed by atoms with van der Waals surface area (Å²) in [5.41, 5.74) is 0.872. The quantitative estimate of drug-likeness (QED) is 0.628. The van der Waals surface area contributed by atoms with Gasteiger partial charge < -0.3 is 15.7 Å². The van der Waals surface area contributed by atoms with Crippen LogP contribution in [-0.2, 0) is 4.79 Å². The van der Waals surface area contributed by atoms with Gasteiger partial charge in [-0.05, 0) is 24.6 Å². The zero-order valence-corrected chi connectivity index (χ0v) is 8.53. The zero-order chi connectivity index (χ0) is 10.8. The normalized spacial score (nSPS) is 26.1. The number of nitrogens with one attached hydrogen (secondary N) is 2. The molecule has 4 nitrogen and oxygen atoms in total. The largest absolute Gasteiger partial charge is 0.508 e. The van der Waals surface area contributed by atoms with Crippen LogP contribution >= 0.6 is 0 Å². The number of hydrogen-bond acceptors (Lipinski definition) is 3. The number of aromatic hydroxyl groups is 1. The van der Waals surface area contributed by atoms with Crippen molar-refractivity contribution in [2.45, 2.75) is 19.0 Å². The van der Waals surface area contributed by atoms with Gasteiger partial charge in [0.1, 0.15) is 11.8 Å². The smallest absolute Gasteiger partial charge is 0.241 e. The van der Waals surface area contributed by atoms with E-state index in [1.807, 2.05) is 6.92 Å². The van der Waals surface area contributed by atoms with Crippen molar-refractivity contribution in [3.05, 3.63) is 29.8 Å². The molecule has 1 aromatic rings. The molecule has 1 heterocycles. The Labute approximate surface area is 88.3 Å². The summed E-state index contributed by atoms with van der Waals surface area (Å²) in [7, 11) is 0. The Morgan fingerprint density at radius 3 is 2.60 bits per heavy atom. The van der Waals surface area contributed by atoms with Crippen molar-refractivity contribution in [1.82, 2.24) is 10.6 Å². The highest BCUT2D eigenvalue weighted by Crippen LogP contribution is 2.18. The van der Waals surface area contributed by atoms with Gasteiger partial charge in [-0.15, -0.1) is 0 Å². The fourth-order valence-corrected chi connectivity index (χ4v) is 1.70. The third-order valence-electron chi connectivity index (χ3n) is 2.51. The number of phenols is 1. The Morgan fingerprint density at radius 1 is 1.33 bits per heavy atom. The molecular weight excluding hydrogens is 192 g/mol. The van der Waals surface area contributed by atoms with E-state index >= 15 is 0 Å². The van der Waals surface area contributed by atoms with E-state index in [-0.39, 0.29) is 23.7 Å². The van der Waals surface area contributed by atoms with E-state index in [4.69, 9.17) is 5.11 Å². The lowest BCUT2D eigenvalue weighted by Crippen LogP contribution is -2.52. The van der Waals surface area contributed by atoms with Crippen LogP contribution in [0.25, 0.3) is 0 Å². The monoisotopic (exact) mass is 206 g/mol. The van der Waals surface area contributed by atoms with Crippen LogP contribution in [0.4, 0.5) is 0 Å². The first-order chi connectivity index (χ1) is 7.16. The summed E-state index contributed by atoms with van der Waals surface area (Å²) in [6.07, 6.45) is 0. The van der Waals surface area contributed by atoms with E-state index in [1.165, 1.54) is 0 Å². The average Bonchev–Trinajstić information content (AvgIpc) is 2.20. The molecule has 2 atom stereocenters. The molecule has 1 saturated heterocycles. The number of benzene rings is 1. The molecule has 3 N–H and O–H groups in total. The van der Waals surface area contributed by atoms with E-state index in [0.717, 1.165) is 12.1 Å². The molecule has 80 valence electrons. The minimum absolute atomic E-state index is 0.0144. The highest BCUT2D eigenvalue weighted by Gasteiger charge is 2.26. The maximum Gasteiger partial charge on any atom is 0.241 e. The number of phenolic OH excluding ortho intramolecular Hbond substituents is 1. The molecule has 1 aliphatic rings. The molecule has 2 rings (SSSR count). The first-order valence-corrected chi connectivity index (χ1v) is 4.99. The second-order valence-corrected chi connectivity index (χ2v) is 3.84. The van der Waals surface area contributed by atoms with Crippen molar-refractivity contribution >= 4 is 5.91 Å². The van der Waals surface area contributed by atoms with Gasteiger partial charge in [-0.2, -0.15) is 0 Å². The lowest BCUT2D eigenvalue weighted by atomic mass is 10.0. The number of carbonyl (C=O) groups excluding carboxylic acids is 1. The lowest BCUT2D eigenvalue weighted by Gasteiger charge is -2.28. The van der Waals surface area contributed by atoms with Crippen molar-refractivity contribution in [2.75, 3.05) is 6.54 Å². The van der Waals surface area contributed by atoms with Gasteiger partial charge in [-0.3, -0.25) is 4.79 Å². The van der Waals surface area contributed by atoms with E-state index in [1.54, 1.807) is 24.3 Å². The predicted molar refractivity (Wildman–Crippen MR) is 56.5 cm³/mol. The molecule has 4 heteroatoms. The molecule has 0 radical (unpaired) electrons. The van der Waals surface area contributed by atoms with Gasteiger partial charge in [0, 0.05) is 12.6 Å². The van der Waals surface area contributed by atoms with Crippen molar-refractivity contribution in [3.63, 3.8) is 0 Å². The van der Waals surface area contributed by atoms with E-state index in [2.05, 4.69) is 10.6 Å². The van der Waals surface area contributed by atoms with Gasteiger partial charge in [0.2, 0.25) is 5.91 Å². The summed E-state index contributed by atoms with van der Waals surface area (Å²) < 4.78 is 0. The van der Waals surface area contributed by atoms with Crippen molar-refractivity contribution in [1.29, 1.82) is 0 Å². The Balaban J connectivity index is 2.17. The predicted octanol–water partition coefficient (Wildman–Crippen LogP) is 0.541. The molecule has 0 spiro atoms. The van der Waals surface area contributed by atoms with E-state index < -0.39 is 0 Å². The molecule has 1 amide bonds. The third kappa shape index (κ3) is 2.10. The van der Waals surface area contributed by atoms with E-state index in [9.17, 15) is 4.79 Å². The Kier molecular flexibility index (Phi) is 2.60. The SMILES string of the molecule is CC1CNC(c2ccc(O)cc2)C(=O)N1. The summed E-state index contributed by atoms with van der Waals surface area (Å²) in [4.78, 5) is 11.7. The minimum Gasteiger partial charge on any atom is -0.508 e. The lowest BCUT2D eigenvalue weighted by molar-refractivity contribution is -0.125. The summed E-state index contributed by atoms with van der Waals surface area (Å²) in [5.74, 6) is 0.197. The van der Waals surface area contributed by atoms with Crippen molar-refractivity contribution in [3.8, 4) is 5.75 Å². The minimum atomic E-state index is -0.304. The number of piperazine rings is 1. The third-order valence-corrected chi connectivity index (χ3v) is 2.51. The fraction of sp³-hybridized carbons (Fsp3) is 0.364. The van der Waals surface area contributed by atoms with Crippen molar-refractivity contribution < 1.29 is 9.90 Å². The van der Waals surface area contributed by atoms with Crippen LogP contribution in [0.1, 0.15) is 18.5 Å². The molecule has 0 bridgehead atoms. The molecular formula is C11H14N2O2. The van der Waals surface area contributed by atoms with Gasteiger partial charge in [0.25, 0.3) is 0 Å². The van der Waals surface area contributed by atoms with E-state index in [0.29, 0.717) is 0 Å². The Hall–Kier alpha value is -1.55. The maximum absolute atomic E-state index is 11.7. The van der Waals surface area contributed by atoms with Gasteiger partial charge in [0.05, 0.1) is 0 Å². The second-order valence-electron chi connectivity index (χ2n) is 3.84. The molecule has 1 aromatic carbocycles.